The molecule has 0 radical (unpaired) electrons. The molecule has 0 saturated heterocycles. The molecule has 122 valence electrons. The smallest absolute Gasteiger partial charge is 0.00300 e. The highest BCUT2D eigenvalue weighted by Gasteiger charge is 2.10. The van der Waals surface area contributed by atoms with E-state index < -0.39 is 0 Å². The second kappa shape index (κ2) is 7.31. The first-order chi connectivity index (χ1) is 11.6. The first-order valence-electron chi connectivity index (χ1n) is 8.57. The lowest BCUT2D eigenvalue weighted by Crippen LogP contribution is -2.25. The SMILES string of the molecule is C=Cc1cccc2c1c(=C)c(=C)c1c(C=C)c(CC)ccc12.CC. The second-order valence-electron chi connectivity index (χ2n) is 5.55. The van der Waals surface area contributed by atoms with E-state index in [1.165, 1.54) is 27.3 Å². The molecule has 0 heterocycles. The van der Waals surface area contributed by atoms with Gasteiger partial charge in [0.15, 0.2) is 0 Å². The van der Waals surface area contributed by atoms with Gasteiger partial charge < -0.3 is 0 Å². The fourth-order valence-corrected chi connectivity index (χ4v) is 3.36. The van der Waals surface area contributed by atoms with Crippen LogP contribution in [0.5, 0.6) is 0 Å². The van der Waals surface area contributed by atoms with Gasteiger partial charge in [-0.3, -0.25) is 0 Å². The monoisotopic (exact) mass is 314 g/mol. The summed E-state index contributed by atoms with van der Waals surface area (Å²) in [6.07, 6.45) is 4.81. The molecule has 0 amide bonds. The van der Waals surface area contributed by atoms with Crippen LogP contribution in [0, 0.1) is 0 Å². The maximum atomic E-state index is 4.31. The minimum atomic E-state index is 0.980. The van der Waals surface area contributed by atoms with Crippen molar-refractivity contribution in [3.63, 3.8) is 0 Å². The van der Waals surface area contributed by atoms with Crippen molar-refractivity contribution in [3.8, 4) is 0 Å². The summed E-state index contributed by atoms with van der Waals surface area (Å²) < 4.78 is 0. The normalized spacial score (nSPS) is 10.3. The van der Waals surface area contributed by atoms with Crippen molar-refractivity contribution in [2.24, 2.45) is 0 Å². The van der Waals surface area contributed by atoms with Crippen molar-refractivity contribution >= 4 is 46.9 Å². The van der Waals surface area contributed by atoms with E-state index in [0.717, 1.165) is 27.8 Å². The third-order valence-corrected chi connectivity index (χ3v) is 4.50. The van der Waals surface area contributed by atoms with Gasteiger partial charge >= 0.3 is 0 Å². The Labute approximate surface area is 145 Å². The first kappa shape index (κ1) is 17.7. The van der Waals surface area contributed by atoms with E-state index in [1.54, 1.807) is 0 Å². The summed E-state index contributed by atoms with van der Waals surface area (Å²) in [7, 11) is 0. The minimum Gasteiger partial charge on any atom is -0.0984 e. The lowest BCUT2D eigenvalue weighted by Gasteiger charge is -2.13. The number of hydrogen-bond acceptors (Lipinski definition) is 0. The molecule has 0 nitrogen and oxygen atoms in total. The summed E-state index contributed by atoms with van der Waals surface area (Å²) in [6.45, 7) is 22.7. The molecule has 0 aliphatic heterocycles. The van der Waals surface area contributed by atoms with E-state index in [0.29, 0.717) is 0 Å². The molecule has 0 N–H and O–H groups in total. The van der Waals surface area contributed by atoms with Gasteiger partial charge in [-0.2, -0.15) is 0 Å². The van der Waals surface area contributed by atoms with Crippen molar-refractivity contribution in [1.29, 1.82) is 0 Å². The highest BCUT2D eigenvalue weighted by Crippen LogP contribution is 2.28. The molecule has 3 aromatic carbocycles. The molecule has 0 unspecified atom stereocenters. The van der Waals surface area contributed by atoms with Crippen LogP contribution in [0.3, 0.4) is 0 Å². The molecular formula is C24H26. The van der Waals surface area contributed by atoms with E-state index >= 15 is 0 Å². The van der Waals surface area contributed by atoms with E-state index in [1.807, 2.05) is 26.0 Å². The molecule has 0 saturated carbocycles. The van der Waals surface area contributed by atoms with Crippen molar-refractivity contribution in [3.05, 3.63) is 70.6 Å². The number of aryl methyl sites for hydroxylation is 1. The third-order valence-electron chi connectivity index (χ3n) is 4.50. The van der Waals surface area contributed by atoms with Crippen LogP contribution >= 0.6 is 0 Å². The van der Waals surface area contributed by atoms with E-state index in [2.05, 4.69) is 63.6 Å². The van der Waals surface area contributed by atoms with Gasteiger partial charge in [0.2, 0.25) is 0 Å². The Balaban J connectivity index is 0.00000100. The van der Waals surface area contributed by atoms with Gasteiger partial charge in [-0.15, -0.1) is 0 Å². The van der Waals surface area contributed by atoms with E-state index in [-0.39, 0.29) is 0 Å². The highest BCUT2D eigenvalue weighted by molar-refractivity contribution is 6.12. The van der Waals surface area contributed by atoms with Gasteiger partial charge in [0.1, 0.15) is 0 Å². The maximum Gasteiger partial charge on any atom is -0.00300 e. The molecule has 0 spiro atoms. The highest BCUT2D eigenvalue weighted by atomic mass is 14.1. The molecular weight excluding hydrogens is 288 g/mol. The zero-order valence-electron chi connectivity index (χ0n) is 15.1. The van der Waals surface area contributed by atoms with Crippen molar-refractivity contribution in [2.75, 3.05) is 0 Å². The fourth-order valence-electron chi connectivity index (χ4n) is 3.36. The average molecular weight is 314 g/mol. The molecule has 0 atom stereocenters. The van der Waals surface area contributed by atoms with Crippen molar-refractivity contribution in [1.82, 2.24) is 0 Å². The predicted molar refractivity (Wildman–Crippen MR) is 113 cm³/mol. The van der Waals surface area contributed by atoms with Gasteiger partial charge in [0.05, 0.1) is 0 Å². The van der Waals surface area contributed by atoms with Crippen LogP contribution in [0.15, 0.2) is 43.5 Å². The summed E-state index contributed by atoms with van der Waals surface area (Å²) >= 11 is 0. The van der Waals surface area contributed by atoms with E-state index in [9.17, 15) is 0 Å². The largest absolute Gasteiger partial charge is 0.0984 e. The third kappa shape index (κ3) is 2.59. The standard InChI is InChI=1S/C22H20.C2H6/c1-6-16-12-13-20-19-11-9-10-17(7-2)21(19)14(4)15(5)22(20)18(16)8-3;1-2/h7-13H,2-6H2,1H3;1-2H3. The Hall–Kier alpha value is -2.60. The quantitative estimate of drug-likeness (QED) is 0.545. The van der Waals surface area contributed by atoms with Crippen LogP contribution in [-0.4, -0.2) is 0 Å². The Morgan fingerprint density at radius 3 is 2.04 bits per heavy atom. The molecule has 0 aromatic heterocycles. The zero-order chi connectivity index (χ0) is 17.9. The number of fused-ring (bicyclic) bond motifs is 3. The minimum absolute atomic E-state index is 0.980. The summed E-state index contributed by atoms with van der Waals surface area (Å²) in [5, 5.41) is 6.71. The van der Waals surface area contributed by atoms with Gasteiger partial charge in [-0.25, -0.2) is 0 Å². The Bertz CT molecular complexity index is 1020. The maximum absolute atomic E-state index is 4.31. The average Bonchev–Trinajstić information content (AvgIpc) is 2.65. The molecule has 3 aromatic rings. The van der Waals surface area contributed by atoms with Crippen LogP contribution < -0.4 is 10.4 Å². The second-order valence-corrected chi connectivity index (χ2v) is 5.55. The molecule has 0 heteroatoms. The van der Waals surface area contributed by atoms with Crippen LogP contribution in [0.25, 0.3) is 46.9 Å². The Morgan fingerprint density at radius 1 is 0.833 bits per heavy atom. The lowest BCUT2D eigenvalue weighted by molar-refractivity contribution is 1.14. The summed E-state index contributed by atoms with van der Waals surface area (Å²) in [5.41, 5.74) is 3.58. The number of benzene rings is 3. The molecule has 24 heavy (non-hydrogen) atoms. The van der Waals surface area contributed by atoms with Crippen LogP contribution in [-0.2, 0) is 6.42 Å². The van der Waals surface area contributed by atoms with Crippen molar-refractivity contribution < 1.29 is 0 Å². The van der Waals surface area contributed by atoms with E-state index in [4.69, 9.17) is 0 Å². The molecule has 0 aliphatic carbocycles. The number of rotatable bonds is 3. The van der Waals surface area contributed by atoms with Crippen LogP contribution in [0.2, 0.25) is 0 Å². The molecule has 0 bridgehead atoms. The van der Waals surface area contributed by atoms with Crippen LogP contribution in [0.1, 0.15) is 37.5 Å². The summed E-state index contributed by atoms with van der Waals surface area (Å²) in [4.78, 5) is 0. The molecule has 0 aliphatic rings. The first-order valence-corrected chi connectivity index (χ1v) is 8.57. The van der Waals surface area contributed by atoms with Gasteiger partial charge in [0, 0.05) is 0 Å². The summed E-state index contributed by atoms with van der Waals surface area (Å²) in [6, 6.07) is 10.7. The van der Waals surface area contributed by atoms with Gasteiger partial charge in [-0.1, -0.05) is 89.6 Å². The molecule has 0 fully saturated rings. The lowest BCUT2D eigenvalue weighted by atomic mass is 9.90. The van der Waals surface area contributed by atoms with Gasteiger partial charge in [-0.05, 0) is 55.1 Å². The topological polar surface area (TPSA) is 0 Å². The Morgan fingerprint density at radius 2 is 1.46 bits per heavy atom. The predicted octanol–water partition coefficient (Wildman–Crippen LogP) is 5.69. The molecule has 3 rings (SSSR count). The summed E-state index contributed by atoms with van der Waals surface area (Å²) in [5.74, 6) is 0. The van der Waals surface area contributed by atoms with Gasteiger partial charge in [0.25, 0.3) is 0 Å². The fraction of sp³-hybridized carbons (Fsp3) is 0.167. The van der Waals surface area contributed by atoms with Crippen LogP contribution in [0.4, 0.5) is 0 Å². The zero-order valence-corrected chi connectivity index (χ0v) is 15.1. The van der Waals surface area contributed by atoms with Crippen molar-refractivity contribution in [2.45, 2.75) is 27.2 Å². The number of hydrogen-bond donors (Lipinski definition) is 0. The Kier molecular flexibility index (Phi) is 5.41.